The van der Waals surface area contributed by atoms with Crippen LogP contribution < -0.4 is 5.32 Å². The molecule has 0 atom stereocenters. The van der Waals surface area contributed by atoms with Gasteiger partial charge in [0.25, 0.3) is 10.2 Å². The summed E-state index contributed by atoms with van der Waals surface area (Å²) in [6, 6.07) is 0.449. The minimum absolute atomic E-state index is 0.449. The third kappa shape index (κ3) is 5.22. The SMILES string of the molecule is CC(C)NCCCN(C)S(=O)(=O)N(C)CC1CC1. The molecule has 18 heavy (non-hydrogen) atoms. The van der Waals surface area contributed by atoms with E-state index in [0.29, 0.717) is 25.0 Å². The highest BCUT2D eigenvalue weighted by atomic mass is 32.2. The van der Waals surface area contributed by atoms with Gasteiger partial charge in [0, 0.05) is 33.2 Å². The maximum Gasteiger partial charge on any atom is 0.281 e. The highest BCUT2D eigenvalue weighted by Crippen LogP contribution is 2.30. The molecule has 1 aliphatic carbocycles. The van der Waals surface area contributed by atoms with Crippen molar-refractivity contribution >= 4 is 10.2 Å². The average Bonchev–Trinajstić information content (AvgIpc) is 3.07. The van der Waals surface area contributed by atoms with E-state index in [2.05, 4.69) is 19.2 Å². The largest absolute Gasteiger partial charge is 0.314 e. The summed E-state index contributed by atoms with van der Waals surface area (Å²) in [5.41, 5.74) is 0. The molecule has 108 valence electrons. The molecule has 0 amide bonds. The number of nitrogens with zero attached hydrogens (tertiary/aromatic N) is 2. The van der Waals surface area contributed by atoms with Crippen molar-refractivity contribution < 1.29 is 8.42 Å². The van der Waals surface area contributed by atoms with Crippen molar-refractivity contribution in [2.75, 3.05) is 33.7 Å². The van der Waals surface area contributed by atoms with E-state index < -0.39 is 10.2 Å². The Morgan fingerprint density at radius 3 is 2.33 bits per heavy atom. The molecule has 0 radical (unpaired) electrons. The summed E-state index contributed by atoms with van der Waals surface area (Å²) in [5.74, 6) is 0.584. The molecular formula is C12H27N3O2S. The normalized spacial score (nSPS) is 17.1. The fraction of sp³-hybridized carbons (Fsp3) is 1.00. The lowest BCUT2D eigenvalue weighted by Crippen LogP contribution is -2.41. The molecule has 5 nitrogen and oxygen atoms in total. The van der Waals surface area contributed by atoms with Crippen molar-refractivity contribution in [3.8, 4) is 0 Å². The van der Waals surface area contributed by atoms with Crippen molar-refractivity contribution in [3.63, 3.8) is 0 Å². The summed E-state index contributed by atoms with van der Waals surface area (Å²) in [7, 11) is 0.0820. The fourth-order valence-electron chi connectivity index (χ4n) is 1.80. The summed E-state index contributed by atoms with van der Waals surface area (Å²) in [5, 5.41) is 3.29. The monoisotopic (exact) mass is 277 g/mol. The third-order valence-corrected chi connectivity index (χ3v) is 5.11. The molecule has 6 heteroatoms. The highest BCUT2D eigenvalue weighted by Gasteiger charge is 2.30. The molecule has 1 rings (SSSR count). The number of hydrogen-bond acceptors (Lipinski definition) is 3. The Morgan fingerprint density at radius 1 is 1.22 bits per heavy atom. The first-order chi connectivity index (χ1) is 8.34. The molecule has 1 aliphatic rings. The first kappa shape index (κ1) is 15.9. The minimum atomic E-state index is -3.26. The molecule has 0 aromatic carbocycles. The molecule has 0 spiro atoms. The Morgan fingerprint density at radius 2 is 1.83 bits per heavy atom. The molecule has 0 aromatic rings. The molecule has 0 saturated heterocycles. The molecule has 0 aliphatic heterocycles. The van der Waals surface area contributed by atoms with Crippen LogP contribution in [0, 0.1) is 5.92 Å². The molecule has 0 aromatic heterocycles. The first-order valence-corrected chi connectivity index (χ1v) is 8.14. The van der Waals surface area contributed by atoms with Crippen LogP contribution in [0.25, 0.3) is 0 Å². The lowest BCUT2D eigenvalue weighted by atomic mass is 10.3. The predicted octanol–water partition coefficient (Wildman–Crippen LogP) is 0.893. The van der Waals surface area contributed by atoms with Gasteiger partial charge in [-0.2, -0.15) is 17.0 Å². The molecule has 0 heterocycles. The highest BCUT2D eigenvalue weighted by molar-refractivity contribution is 7.86. The second kappa shape index (κ2) is 6.84. The smallest absolute Gasteiger partial charge is 0.281 e. The maximum atomic E-state index is 12.2. The average molecular weight is 277 g/mol. The molecule has 0 unspecified atom stereocenters. The summed E-state index contributed by atoms with van der Waals surface area (Å²) in [4.78, 5) is 0. The van der Waals surface area contributed by atoms with Crippen molar-refractivity contribution in [1.82, 2.24) is 13.9 Å². The topological polar surface area (TPSA) is 52.7 Å². The zero-order chi connectivity index (χ0) is 13.8. The minimum Gasteiger partial charge on any atom is -0.314 e. The van der Waals surface area contributed by atoms with E-state index in [4.69, 9.17) is 0 Å². The van der Waals surface area contributed by atoms with E-state index >= 15 is 0 Å². The summed E-state index contributed by atoms with van der Waals surface area (Å²) >= 11 is 0. The quantitative estimate of drug-likeness (QED) is 0.637. The van der Waals surface area contributed by atoms with Crippen LogP contribution >= 0.6 is 0 Å². The van der Waals surface area contributed by atoms with Gasteiger partial charge in [0.05, 0.1) is 0 Å². The maximum absolute atomic E-state index is 12.2. The van der Waals surface area contributed by atoms with Gasteiger partial charge in [-0.3, -0.25) is 0 Å². The van der Waals surface area contributed by atoms with E-state index in [-0.39, 0.29) is 0 Å². The lowest BCUT2D eigenvalue weighted by Gasteiger charge is -2.24. The Kier molecular flexibility index (Phi) is 6.04. The molecular weight excluding hydrogens is 250 g/mol. The van der Waals surface area contributed by atoms with Crippen LogP contribution in [0.5, 0.6) is 0 Å². The van der Waals surface area contributed by atoms with Gasteiger partial charge >= 0.3 is 0 Å². The Bertz CT molecular complexity index is 339. The van der Waals surface area contributed by atoms with Crippen LogP contribution in [0.1, 0.15) is 33.1 Å². The number of hydrogen-bond donors (Lipinski definition) is 1. The lowest BCUT2D eigenvalue weighted by molar-refractivity contribution is 0.378. The van der Waals surface area contributed by atoms with Gasteiger partial charge in [0.1, 0.15) is 0 Å². The van der Waals surface area contributed by atoms with E-state index in [0.717, 1.165) is 13.0 Å². The van der Waals surface area contributed by atoms with Gasteiger partial charge in [-0.25, -0.2) is 0 Å². The van der Waals surface area contributed by atoms with Gasteiger partial charge in [0.15, 0.2) is 0 Å². The van der Waals surface area contributed by atoms with Crippen LogP contribution in [0.3, 0.4) is 0 Å². The predicted molar refractivity (Wildman–Crippen MR) is 74.7 cm³/mol. The van der Waals surface area contributed by atoms with Crippen LogP contribution in [0.4, 0.5) is 0 Å². The van der Waals surface area contributed by atoms with Crippen molar-refractivity contribution in [1.29, 1.82) is 0 Å². The number of nitrogens with one attached hydrogen (secondary N) is 1. The van der Waals surface area contributed by atoms with Gasteiger partial charge in [-0.1, -0.05) is 13.8 Å². The van der Waals surface area contributed by atoms with Gasteiger partial charge in [-0.05, 0) is 31.7 Å². The first-order valence-electron chi connectivity index (χ1n) is 6.75. The van der Waals surface area contributed by atoms with Crippen LogP contribution in [-0.4, -0.2) is 56.8 Å². The van der Waals surface area contributed by atoms with Crippen LogP contribution in [0.15, 0.2) is 0 Å². The Labute approximate surface area is 112 Å². The van der Waals surface area contributed by atoms with Crippen LogP contribution in [0.2, 0.25) is 0 Å². The standard InChI is InChI=1S/C12H27N3O2S/c1-11(2)13-8-5-9-14(3)18(16,17)15(4)10-12-6-7-12/h11-13H,5-10H2,1-4H3. The fourth-order valence-corrected chi connectivity index (χ4v) is 3.04. The van der Waals surface area contributed by atoms with Crippen molar-refractivity contribution in [3.05, 3.63) is 0 Å². The summed E-state index contributed by atoms with van der Waals surface area (Å²) in [6.45, 7) is 6.26. The van der Waals surface area contributed by atoms with E-state index in [9.17, 15) is 8.42 Å². The van der Waals surface area contributed by atoms with Crippen molar-refractivity contribution in [2.24, 2.45) is 5.92 Å². The van der Waals surface area contributed by atoms with E-state index in [1.807, 2.05) is 0 Å². The Hall–Kier alpha value is -0.170. The van der Waals surface area contributed by atoms with Gasteiger partial charge < -0.3 is 5.32 Å². The van der Waals surface area contributed by atoms with E-state index in [1.54, 1.807) is 14.1 Å². The van der Waals surface area contributed by atoms with Gasteiger partial charge in [-0.15, -0.1) is 0 Å². The van der Waals surface area contributed by atoms with Crippen LogP contribution in [-0.2, 0) is 10.2 Å². The molecule has 1 N–H and O–H groups in total. The molecule has 1 saturated carbocycles. The molecule has 1 fully saturated rings. The van der Waals surface area contributed by atoms with Gasteiger partial charge in [0.2, 0.25) is 0 Å². The van der Waals surface area contributed by atoms with E-state index in [1.165, 1.54) is 21.5 Å². The third-order valence-electron chi connectivity index (χ3n) is 3.20. The molecule has 0 bridgehead atoms. The summed E-state index contributed by atoms with van der Waals surface area (Å²) in [6.07, 6.45) is 3.18. The van der Waals surface area contributed by atoms with Crippen molar-refractivity contribution in [2.45, 2.75) is 39.2 Å². The zero-order valence-electron chi connectivity index (χ0n) is 12.0. The summed E-state index contributed by atoms with van der Waals surface area (Å²) < 4.78 is 27.2. The number of rotatable bonds is 9. The zero-order valence-corrected chi connectivity index (χ0v) is 12.8. The second-order valence-corrected chi connectivity index (χ2v) is 7.66. The second-order valence-electron chi connectivity index (χ2n) is 5.52. The Balaban J connectivity index is 2.31.